The number of ether oxygens (including phenoxy) is 1. The van der Waals surface area contributed by atoms with Crippen molar-refractivity contribution < 1.29 is 4.74 Å². The summed E-state index contributed by atoms with van der Waals surface area (Å²) in [5.74, 6) is 0.662. The van der Waals surface area contributed by atoms with Crippen LogP contribution in [-0.2, 0) is 13.0 Å². The van der Waals surface area contributed by atoms with Crippen molar-refractivity contribution in [2.24, 2.45) is 0 Å². The smallest absolute Gasteiger partial charge is 0.212 e. The van der Waals surface area contributed by atoms with Crippen molar-refractivity contribution in [1.82, 2.24) is 10.3 Å². The molecule has 20 heavy (non-hydrogen) atoms. The summed E-state index contributed by atoms with van der Waals surface area (Å²) in [5, 5.41) is 3.65. The normalized spacial score (nSPS) is 17.8. The number of hydrogen-bond donors (Lipinski definition) is 1. The summed E-state index contributed by atoms with van der Waals surface area (Å²) in [6.07, 6.45) is 5.56. The van der Waals surface area contributed by atoms with Crippen LogP contribution in [0.3, 0.4) is 0 Å². The van der Waals surface area contributed by atoms with Crippen molar-refractivity contribution >= 4 is 27.3 Å². The first-order chi connectivity index (χ1) is 9.76. The average Bonchev–Trinajstić information content (AvgIpc) is 2.86. The quantitative estimate of drug-likeness (QED) is 0.899. The fourth-order valence-corrected chi connectivity index (χ4v) is 4.43. The topological polar surface area (TPSA) is 34.1 Å². The largest absolute Gasteiger partial charge is 0.481 e. The second kappa shape index (κ2) is 6.24. The van der Waals surface area contributed by atoms with Gasteiger partial charge in [-0.25, -0.2) is 4.98 Å². The predicted octanol–water partition coefficient (Wildman–Crippen LogP) is 4.08. The molecule has 1 N–H and O–H groups in total. The van der Waals surface area contributed by atoms with Gasteiger partial charge in [-0.05, 0) is 52.4 Å². The molecule has 106 valence electrons. The van der Waals surface area contributed by atoms with Crippen LogP contribution in [0.15, 0.2) is 28.2 Å². The molecule has 0 saturated carbocycles. The molecule has 0 fully saturated rings. The highest BCUT2D eigenvalue weighted by Crippen LogP contribution is 2.38. The van der Waals surface area contributed by atoms with Gasteiger partial charge in [0.1, 0.15) is 0 Å². The Labute approximate surface area is 131 Å². The second-order valence-corrected chi connectivity index (χ2v) is 7.48. The monoisotopic (exact) mass is 352 g/mol. The number of halogens is 1. The minimum Gasteiger partial charge on any atom is -0.481 e. The first-order valence-corrected chi connectivity index (χ1v) is 8.37. The summed E-state index contributed by atoms with van der Waals surface area (Å²) < 4.78 is 6.32. The number of aryl methyl sites for hydroxylation is 1. The van der Waals surface area contributed by atoms with Gasteiger partial charge in [0.05, 0.1) is 10.9 Å². The van der Waals surface area contributed by atoms with Gasteiger partial charge in [0.15, 0.2) is 0 Å². The van der Waals surface area contributed by atoms with Crippen molar-refractivity contribution in [3.05, 3.63) is 44.2 Å². The zero-order valence-corrected chi connectivity index (χ0v) is 13.8. The molecule has 0 spiro atoms. The molecule has 1 atom stereocenters. The maximum absolute atomic E-state index is 5.08. The highest BCUT2D eigenvalue weighted by molar-refractivity contribution is 9.11. The predicted molar refractivity (Wildman–Crippen MR) is 85.3 cm³/mol. The van der Waals surface area contributed by atoms with E-state index in [0.29, 0.717) is 11.9 Å². The maximum Gasteiger partial charge on any atom is 0.212 e. The fourth-order valence-electron chi connectivity index (χ4n) is 2.61. The third-order valence-electron chi connectivity index (χ3n) is 3.64. The minimum atomic E-state index is 0.461. The van der Waals surface area contributed by atoms with Gasteiger partial charge >= 0.3 is 0 Å². The van der Waals surface area contributed by atoms with Crippen molar-refractivity contribution in [1.29, 1.82) is 0 Å². The van der Waals surface area contributed by atoms with E-state index in [-0.39, 0.29) is 0 Å². The molecule has 3 nitrogen and oxygen atoms in total. The van der Waals surface area contributed by atoms with Crippen molar-refractivity contribution in [2.75, 3.05) is 7.11 Å². The van der Waals surface area contributed by atoms with Crippen LogP contribution in [-0.4, -0.2) is 12.1 Å². The first kappa shape index (κ1) is 14.0. The van der Waals surface area contributed by atoms with Crippen molar-refractivity contribution in [3.63, 3.8) is 0 Å². The van der Waals surface area contributed by atoms with Crippen molar-refractivity contribution in [2.45, 2.75) is 31.8 Å². The molecule has 2 heterocycles. The van der Waals surface area contributed by atoms with E-state index in [1.807, 2.05) is 23.6 Å². The number of nitrogens with one attached hydrogen (secondary N) is 1. The van der Waals surface area contributed by atoms with Gasteiger partial charge in [0, 0.05) is 29.7 Å². The van der Waals surface area contributed by atoms with E-state index in [1.165, 1.54) is 39.1 Å². The number of fused-ring (bicyclic) bond motifs is 1. The molecular formula is C15H17BrN2OS. The van der Waals surface area contributed by atoms with E-state index in [0.717, 1.165) is 6.54 Å². The highest BCUT2D eigenvalue weighted by atomic mass is 79.9. The molecule has 0 aliphatic heterocycles. The van der Waals surface area contributed by atoms with Crippen LogP contribution < -0.4 is 10.1 Å². The molecule has 0 amide bonds. The van der Waals surface area contributed by atoms with E-state index in [1.54, 1.807) is 7.11 Å². The lowest BCUT2D eigenvalue weighted by atomic mass is 9.94. The van der Waals surface area contributed by atoms with Gasteiger partial charge < -0.3 is 10.1 Å². The number of nitrogens with zero attached hydrogens (tertiary/aromatic N) is 1. The lowest BCUT2D eigenvalue weighted by molar-refractivity contribution is 0.397. The Kier molecular flexibility index (Phi) is 4.38. The molecule has 0 radical (unpaired) electrons. The van der Waals surface area contributed by atoms with E-state index >= 15 is 0 Å². The van der Waals surface area contributed by atoms with Gasteiger partial charge in [-0.3, -0.25) is 0 Å². The third-order valence-corrected chi connectivity index (χ3v) is 5.36. The standard InChI is InChI=1S/C15H17BrN2OS/c1-19-15-6-5-10(9-18-15)8-17-12-3-2-4-13-11(12)7-14(16)20-13/h5-7,9,12,17H,2-4,8H2,1H3. The van der Waals surface area contributed by atoms with Gasteiger partial charge in [-0.2, -0.15) is 0 Å². The lowest BCUT2D eigenvalue weighted by Gasteiger charge is -2.23. The van der Waals surface area contributed by atoms with Gasteiger partial charge in [-0.15, -0.1) is 11.3 Å². The number of aromatic nitrogens is 1. The summed E-state index contributed by atoms with van der Waals surface area (Å²) in [7, 11) is 1.64. The molecule has 3 rings (SSSR count). The lowest BCUT2D eigenvalue weighted by Crippen LogP contribution is -2.23. The molecule has 0 aromatic carbocycles. The second-order valence-electron chi connectivity index (χ2n) is 4.96. The Hall–Kier alpha value is -0.910. The fraction of sp³-hybridized carbons (Fsp3) is 0.400. The Balaban J connectivity index is 1.66. The van der Waals surface area contributed by atoms with Crippen molar-refractivity contribution in [3.8, 4) is 5.88 Å². The molecule has 2 aromatic rings. The van der Waals surface area contributed by atoms with Crippen LogP contribution in [0.5, 0.6) is 5.88 Å². The molecule has 5 heteroatoms. The first-order valence-electron chi connectivity index (χ1n) is 6.76. The average molecular weight is 353 g/mol. The van der Waals surface area contributed by atoms with Crippen LogP contribution >= 0.6 is 27.3 Å². The molecule has 0 bridgehead atoms. The third kappa shape index (κ3) is 3.05. The van der Waals surface area contributed by atoms with Gasteiger partial charge in [-0.1, -0.05) is 6.07 Å². The summed E-state index contributed by atoms with van der Waals surface area (Å²) in [4.78, 5) is 5.76. The van der Waals surface area contributed by atoms with Gasteiger partial charge in [0.25, 0.3) is 0 Å². The number of pyridine rings is 1. The summed E-state index contributed by atoms with van der Waals surface area (Å²) >= 11 is 5.47. The Morgan fingerprint density at radius 1 is 1.50 bits per heavy atom. The minimum absolute atomic E-state index is 0.461. The Morgan fingerprint density at radius 3 is 3.15 bits per heavy atom. The van der Waals surface area contributed by atoms with Gasteiger partial charge in [0.2, 0.25) is 5.88 Å². The summed E-state index contributed by atoms with van der Waals surface area (Å²) in [5.41, 5.74) is 2.65. The highest BCUT2D eigenvalue weighted by Gasteiger charge is 2.22. The molecule has 0 saturated heterocycles. The summed E-state index contributed by atoms with van der Waals surface area (Å²) in [6.45, 7) is 0.842. The molecule has 2 aromatic heterocycles. The number of rotatable bonds is 4. The van der Waals surface area contributed by atoms with Crippen LogP contribution in [0.4, 0.5) is 0 Å². The van der Waals surface area contributed by atoms with E-state index in [2.05, 4.69) is 38.4 Å². The molecule has 1 unspecified atom stereocenters. The Bertz CT molecular complexity index is 582. The van der Waals surface area contributed by atoms with E-state index in [9.17, 15) is 0 Å². The van der Waals surface area contributed by atoms with Crippen LogP contribution in [0.2, 0.25) is 0 Å². The Morgan fingerprint density at radius 2 is 2.40 bits per heavy atom. The molecule has 1 aliphatic carbocycles. The van der Waals surface area contributed by atoms with Crippen LogP contribution in [0, 0.1) is 0 Å². The molecular weight excluding hydrogens is 336 g/mol. The SMILES string of the molecule is COc1ccc(CNC2CCCc3sc(Br)cc32)cn1. The number of methoxy groups -OCH3 is 1. The van der Waals surface area contributed by atoms with Crippen LogP contribution in [0.25, 0.3) is 0 Å². The van der Waals surface area contributed by atoms with E-state index in [4.69, 9.17) is 4.74 Å². The summed E-state index contributed by atoms with van der Waals surface area (Å²) in [6, 6.07) is 6.70. The van der Waals surface area contributed by atoms with E-state index < -0.39 is 0 Å². The number of hydrogen-bond acceptors (Lipinski definition) is 4. The van der Waals surface area contributed by atoms with Crippen LogP contribution in [0.1, 0.15) is 34.9 Å². The number of thiophene rings is 1. The zero-order valence-electron chi connectivity index (χ0n) is 11.4. The zero-order chi connectivity index (χ0) is 13.9. The maximum atomic E-state index is 5.08. The molecule has 1 aliphatic rings.